The van der Waals surface area contributed by atoms with Gasteiger partial charge in [-0.05, 0) is 67.1 Å². The molecular formula is C25H22Cl2N2O5. The van der Waals surface area contributed by atoms with Crippen LogP contribution in [-0.2, 0) is 24.4 Å². The predicted octanol–water partition coefficient (Wildman–Crippen LogP) is 5.81. The Balaban J connectivity index is 1.63. The summed E-state index contributed by atoms with van der Waals surface area (Å²) in [6, 6.07) is 11.7. The number of halogens is 2. The van der Waals surface area contributed by atoms with Crippen molar-refractivity contribution in [1.82, 2.24) is 4.57 Å². The van der Waals surface area contributed by atoms with Crippen LogP contribution in [0.15, 0.2) is 47.6 Å². The molecule has 176 valence electrons. The van der Waals surface area contributed by atoms with Crippen LogP contribution in [0.4, 0.5) is 0 Å². The molecule has 1 heterocycles. The minimum Gasteiger partial charge on any atom is -0.478 e. The predicted molar refractivity (Wildman–Crippen MR) is 129 cm³/mol. The number of carbonyl (C=O) groups is 2. The van der Waals surface area contributed by atoms with Crippen LogP contribution in [0.3, 0.4) is 0 Å². The van der Waals surface area contributed by atoms with Crippen LogP contribution in [0.5, 0.6) is 0 Å². The van der Waals surface area contributed by atoms with Crippen molar-refractivity contribution in [2.24, 2.45) is 5.16 Å². The highest BCUT2D eigenvalue weighted by atomic mass is 35.5. The van der Waals surface area contributed by atoms with Crippen LogP contribution in [0.1, 0.15) is 61.6 Å². The first-order valence-corrected chi connectivity index (χ1v) is 11.4. The van der Waals surface area contributed by atoms with Gasteiger partial charge in [0.2, 0.25) is 0 Å². The monoisotopic (exact) mass is 500 g/mol. The van der Waals surface area contributed by atoms with E-state index < -0.39 is 11.9 Å². The highest BCUT2D eigenvalue weighted by molar-refractivity contribution is 6.42. The first-order valence-electron chi connectivity index (χ1n) is 10.7. The second-order valence-corrected chi connectivity index (χ2v) is 8.92. The molecule has 0 spiro atoms. The fourth-order valence-electron chi connectivity index (χ4n) is 4.29. The first-order chi connectivity index (χ1) is 16.3. The van der Waals surface area contributed by atoms with E-state index >= 15 is 0 Å². The van der Waals surface area contributed by atoms with E-state index in [-0.39, 0.29) is 17.9 Å². The lowest BCUT2D eigenvalue weighted by molar-refractivity contribution is 0.0678. The zero-order valence-corrected chi connectivity index (χ0v) is 19.9. The Bertz CT molecular complexity index is 1300. The number of benzene rings is 2. The van der Waals surface area contributed by atoms with Gasteiger partial charge in [-0.2, -0.15) is 0 Å². The van der Waals surface area contributed by atoms with E-state index in [0.29, 0.717) is 34.3 Å². The Morgan fingerprint density at radius 2 is 1.71 bits per heavy atom. The number of carboxylic acid groups (broad SMARTS) is 2. The summed E-state index contributed by atoms with van der Waals surface area (Å²) >= 11 is 12.2. The average molecular weight is 501 g/mol. The molecule has 1 aromatic heterocycles. The van der Waals surface area contributed by atoms with Gasteiger partial charge in [0.15, 0.2) is 0 Å². The molecule has 4 rings (SSSR count). The molecule has 1 aliphatic rings. The van der Waals surface area contributed by atoms with Gasteiger partial charge in [-0.15, -0.1) is 0 Å². The molecular weight excluding hydrogens is 479 g/mol. The molecule has 3 aromatic rings. The Hall–Kier alpha value is -3.29. The van der Waals surface area contributed by atoms with E-state index in [1.54, 1.807) is 31.2 Å². The van der Waals surface area contributed by atoms with Crippen molar-refractivity contribution in [3.05, 3.63) is 91.7 Å². The minimum atomic E-state index is -1.01. The quantitative estimate of drug-likeness (QED) is 0.398. The van der Waals surface area contributed by atoms with Crippen molar-refractivity contribution >= 4 is 40.9 Å². The van der Waals surface area contributed by atoms with Crippen LogP contribution < -0.4 is 0 Å². The summed E-state index contributed by atoms with van der Waals surface area (Å²) in [5.41, 5.74) is 5.12. The van der Waals surface area contributed by atoms with Gasteiger partial charge >= 0.3 is 11.9 Å². The number of rotatable bonds is 7. The minimum absolute atomic E-state index is 0.174. The van der Waals surface area contributed by atoms with E-state index in [4.69, 9.17) is 33.1 Å². The van der Waals surface area contributed by atoms with Gasteiger partial charge in [-0.25, -0.2) is 9.59 Å². The normalized spacial score (nSPS) is 14.1. The molecule has 0 saturated carbocycles. The third kappa shape index (κ3) is 4.81. The van der Waals surface area contributed by atoms with Crippen LogP contribution >= 0.6 is 23.2 Å². The van der Waals surface area contributed by atoms with Gasteiger partial charge in [-0.3, -0.25) is 0 Å². The standard InChI is InChI=1S/C25H22Cl2N2O5/c1-14-22-20(28-34-13-15-5-8-17(9-6-15)24(30)31)3-2-4-21(22)29(23(14)25(32)33)12-16-7-10-18(26)19(27)11-16/h5-11H,2-4,12-13H2,1H3,(H,30,31)(H,32,33)/b28-20-. The van der Waals surface area contributed by atoms with Crippen LogP contribution in [0, 0.1) is 6.92 Å². The van der Waals surface area contributed by atoms with Gasteiger partial charge in [0, 0.05) is 17.8 Å². The third-order valence-electron chi connectivity index (χ3n) is 5.86. The summed E-state index contributed by atoms with van der Waals surface area (Å²) in [5, 5.41) is 24.2. The lowest BCUT2D eigenvalue weighted by Gasteiger charge is -2.18. The molecule has 0 fully saturated rings. The number of carboxylic acids is 2. The molecule has 0 atom stereocenters. The van der Waals surface area contributed by atoms with Gasteiger partial charge in [0.1, 0.15) is 12.3 Å². The second-order valence-electron chi connectivity index (χ2n) is 8.10. The third-order valence-corrected chi connectivity index (χ3v) is 6.60. The molecule has 0 saturated heterocycles. The number of fused-ring (bicyclic) bond motifs is 1. The molecule has 2 aromatic carbocycles. The first kappa shape index (κ1) is 23.9. The van der Waals surface area contributed by atoms with Gasteiger partial charge in [0.25, 0.3) is 0 Å². The molecule has 0 amide bonds. The van der Waals surface area contributed by atoms with Crippen LogP contribution in [0.2, 0.25) is 10.0 Å². The van der Waals surface area contributed by atoms with E-state index in [2.05, 4.69) is 5.16 Å². The van der Waals surface area contributed by atoms with Gasteiger partial charge in [0.05, 0.1) is 21.3 Å². The summed E-state index contributed by atoms with van der Waals surface area (Å²) in [4.78, 5) is 28.7. The molecule has 0 radical (unpaired) electrons. The number of hydrogen-bond donors (Lipinski definition) is 2. The van der Waals surface area contributed by atoms with Crippen molar-refractivity contribution in [2.75, 3.05) is 0 Å². The number of hydrogen-bond acceptors (Lipinski definition) is 4. The van der Waals surface area contributed by atoms with Gasteiger partial charge < -0.3 is 19.6 Å². The number of aromatic carboxylic acids is 2. The Kier molecular flexibility index (Phi) is 6.95. The summed E-state index contributed by atoms with van der Waals surface area (Å²) < 4.78 is 1.81. The largest absolute Gasteiger partial charge is 0.478 e. The molecule has 9 heteroatoms. The molecule has 0 aliphatic heterocycles. The Morgan fingerprint density at radius 1 is 1.00 bits per heavy atom. The molecule has 2 N–H and O–H groups in total. The van der Waals surface area contributed by atoms with Gasteiger partial charge in [-0.1, -0.05) is 46.6 Å². The van der Waals surface area contributed by atoms with Crippen LogP contribution in [-0.4, -0.2) is 32.4 Å². The lowest BCUT2D eigenvalue weighted by Crippen LogP contribution is -2.17. The fraction of sp³-hybridized carbons (Fsp3) is 0.240. The molecule has 34 heavy (non-hydrogen) atoms. The molecule has 7 nitrogen and oxygen atoms in total. The average Bonchev–Trinajstić information content (AvgIpc) is 3.09. The number of aromatic nitrogens is 1. The van der Waals surface area contributed by atoms with Crippen LogP contribution in [0.25, 0.3) is 0 Å². The van der Waals surface area contributed by atoms with Crippen molar-refractivity contribution in [3.8, 4) is 0 Å². The van der Waals surface area contributed by atoms with E-state index in [1.807, 2.05) is 10.6 Å². The summed E-state index contributed by atoms with van der Waals surface area (Å²) in [7, 11) is 0. The number of oxime groups is 1. The summed E-state index contributed by atoms with van der Waals surface area (Å²) in [6.45, 7) is 2.31. The summed E-state index contributed by atoms with van der Waals surface area (Å²) in [6.07, 6.45) is 2.20. The second kappa shape index (κ2) is 9.91. The van der Waals surface area contributed by atoms with Crippen molar-refractivity contribution in [3.63, 3.8) is 0 Å². The Labute approximate surface area is 206 Å². The highest BCUT2D eigenvalue weighted by Gasteiger charge is 2.30. The van der Waals surface area contributed by atoms with Crippen molar-refractivity contribution in [1.29, 1.82) is 0 Å². The van der Waals surface area contributed by atoms with E-state index in [9.17, 15) is 14.7 Å². The fourth-order valence-corrected chi connectivity index (χ4v) is 4.61. The maximum atomic E-state index is 12.2. The molecule has 1 aliphatic carbocycles. The highest BCUT2D eigenvalue weighted by Crippen LogP contribution is 2.32. The van der Waals surface area contributed by atoms with Crippen molar-refractivity contribution < 1.29 is 24.6 Å². The topological polar surface area (TPSA) is 101 Å². The molecule has 0 bridgehead atoms. The maximum Gasteiger partial charge on any atom is 0.352 e. The van der Waals surface area contributed by atoms with E-state index in [1.165, 1.54) is 12.1 Å². The zero-order valence-electron chi connectivity index (χ0n) is 18.3. The van der Waals surface area contributed by atoms with E-state index in [0.717, 1.165) is 35.2 Å². The Morgan fingerprint density at radius 3 is 2.35 bits per heavy atom. The summed E-state index contributed by atoms with van der Waals surface area (Å²) in [5.74, 6) is -2.00. The zero-order chi connectivity index (χ0) is 24.4. The SMILES string of the molecule is Cc1c2c(n(Cc3ccc(Cl)c(Cl)c3)c1C(=O)O)CCC/C2=N/OCc1ccc(C(=O)O)cc1. The maximum absolute atomic E-state index is 12.2. The molecule has 0 unspecified atom stereocenters. The smallest absolute Gasteiger partial charge is 0.352 e. The van der Waals surface area contributed by atoms with Crippen molar-refractivity contribution in [2.45, 2.75) is 39.3 Å². The number of nitrogens with zero attached hydrogens (tertiary/aromatic N) is 2. The lowest BCUT2D eigenvalue weighted by atomic mass is 9.93.